The molecule has 0 aliphatic carbocycles. The lowest BCUT2D eigenvalue weighted by Gasteiger charge is -2.13. The number of aliphatic hydroxyl groups is 2. The molecule has 3 rings (SSSR count). The third-order valence-electron chi connectivity index (χ3n) is 4.70. The number of thioether (sulfide) groups is 1. The second kappa shape index (κ2) is 10.4. The number of H-pyrrole nitrogens is 1. The van der Waals surface area contributed by atoms with E-state index >= 15 is 0 Å². The van der Waals surface area contributed by atoms with Gasteiger partial charge in [0.15, 0.2) is 17.3 Å². The monoisotopic (exact) mass is 443 g/mol. The minimum Gasteiger partial charge on any atom is -0.493 e. The van der Waals surface area contributed by atoms with E-state index in [1.165, 1.54) is 39.2 Å². The van der Waals surface area contributed by atoms with Crippen LogP contribution in [0.1, 0.15) is 15.9 Å². The van der Waals surface area contributed by atoms with E-state index in [0.29, 0.717) is 28.6 Å². The Morgan fingerprint density at radius 3 is 2.45 bits per heavy atom. The average Bonchev–Trinajstić information content (AvgIpc) is 3.21. The molecule has 1 heterocycles. The second-order valence-electron chi connectivity index (χ2n) is 6.71. The van der Waals surface area contributed by atoms with Crippen LogP contribution in [0.4, 0.5) is 0 Å². The van der Waals surface area contributed by atoms with Crippen LogP contribution < -0.4 is 14.2 Å². The van der Waals surface area contributed by atoms with Crippen molar-refractivity contribution in [2.24, 2.45) is 0 Å². The van der Waals surface area contributed by atoms with E-state index < -0.39 is 6.10 Å². The van der Waals surface area contributed by atoms with E-state index in [4.69, 9.17) is 19.3 Å². The number of hydrogen-bond donors (Lipinski definition) is 3. The molecule has 0 aliphatic rings. The highest BCUT2D eigenvalue weighted by molar-refractivity contribution is 7.99. The first-order valence-electron chi connectivity index (χ1n) is 9.56. The molecule has 1 aromatic heterocycles. The maximum Gasteiger partial charge on any atom is 0.203 e. The molecule has 2 aromatic carbocycles. The average molecular weight is 444 g/mol. The summed E-state index contributed by atoms with van der Waals surface area (Å²) in [6.07, 6.45) is 4.32. The number of aromatic nitrogens is 1. The van der Waals surface area contributed by atoms with Crippen molar-refractivity contribution in [1.82, 2.24) is 4.98 Å². The minimum atomic E-state index is -0.762. The molecule has 0 amide bonds. The number of aromatic amines is 1. The molecule has 0 spiro atoms. The van der Waals surface area contributed by atoms with Gasteiger partial charge in [0.2, 0.25) is 5.75 Å². The molecule has 0 radical (unpaired) electrons. The molecule has 0 saturated heterocycles. The molecule has 0 fully saturated rings. The van der Waals surface area contributed by atoms with Crippen LogP contribution in [-0.4, -0.2) is 60.8 Å². The third kappa shape index (κ3) is 5.22. The van der Waals surface area contributed by atoms with Crippen LogP contribution in [0.25, 0.3) is 17.0 Å². The summed E-state index contributed by atoms with van der Waals surface area (Å²) in [6, 6.07) is 9.11. The van der Waals surface area contributed by atoms with Gasteiger partial charge in [0.05, 0.1) is 34.0 Å². The third-order valence-corrected chi connectivity index (χ3v) is 5.84. The lowest BCUT2D eigenvalue weighted by atomic mass is 10.1. The number of carbonyl (C=O) groups excluding carboxylic acids is 1. The number of fused-ring (bicyclic) bond motifs is 1. The van der Waals surface area contributed by atoms with Crippen molar-refractivity contribution >= 4 is 34.5 Å². The number of benzene rings is 2. The zero-order valence-electron chi connectivity index (χ0n) is 17.5. The zero-order valence-corrected chi connectivity index (χ0v) is 18.4. The highest BCUT2D eigenvalue weighted by Crippen LogP contribution is 2.38. The minimum absolute atomic E-state index is 0.204. The van der Waals surface area contributed by atoms with Crippen LogP contribution in [-0.2, 0) is 0 Å². The number of methoxy groups -OCH3 is 3. The Labute approximate surface area is 184 Å². The number of nitrogens with one attached hydrogen (secondary N) is 1. The summed E-state index contributed by atoms with van der Waals surface area (Å²) in [7, 11) is 4.51. The molecule has 1 atom stereocenters. The summed E-state index contributed by atoms with van der Waals surface area (Å²) in [6.45, 7) is -0.267. The number of ketones is 1. The molecule has 3 N–H and O–H groups in total. The quantitative estimate of drug-likeness (QED) is 0.250. The van der Waals surface area contributed by atoms with Gasteiger partial charge in [-0.25, -0.2) is 0 Å². The Morgan fingerprint density at radius 1 is 1.13 bits per heavy atom. The molecule has 3 aromatic rings. The van der Waals surface area contributed by atoms with Gasteiger partial charge in [0, 0.05) is 33.3 Å². The van der Waals surface area contributed by atoms with Gasteiger partial charge in [-0.1, -0.05) is 0 Å². The van der Waals surface area contributed by atoms with Gasteiger partial charge >= 0.3 is 0 Å². The fraction of sp³-hybridized carbons (Fsp3) is 0.261. The van der Waals surface area contributed by atoms with Crippen molar-refractivity contribution in [2.45, 2.75) is 11.0 Å². The van der Waals surface area contributed by atoms with E-state index in [1.807, 2.05) is 24.4 Å². The predicted octanol–water partition coefficient (Wildman–Crippen LogP) is 3.54. The van der Waals surface area contributed by atoms with E-state index in [2.05, 4.69) is 4.98 Å². The predicted molar refractivity (Wildman–Crippen MR) is 122 cm³/mol. The van der Waals surface area contributed by atoms with Crippen LogP contribution in [0.5, 0.6) is 17.2 Å². The van der Waals surface area contributed by atoms with E-state index in [9.17, 15) is 9.90 Å². The van der Waals surface area contributed by atoms with Gasteiger partial charge in [-0.05, 0) is 48.0 Å². The lowest BCUT2D eigenvalue weighted by molar-refractivity contribution is 0.104. The van der Waals surface area contributed by atoms with Crippen LogP contribution in [0.2, 0.25) is 0 Å². The van der Waals surface area contributed by atoms with Gasteiger partial charge in [0.1, 0.15) is 0 Å². The molecule has 1 unspecified atom stereocenters. The fourth-order valence-electron chi connectivity index (χ4n) is 3.08. The van der Waals surface area contributed by atoms with Crippen LogP contribution in [0.3, 0.4) is 0 Å². The summed E-state index contributed by atoms with van der Waals surface area (Å²) >= 11 is 1.46. The first-order chi connectivity index (χ1) is 15.0. The van der Waals surface area contributed by atoms with Crippen molar-refractivity contribution in [2.75, 3.05) is 33.7 Å². The highest BCUT2D eigenvalue weighted by Gasteiger charge is 2.16. The molecule has 164 valence electrons. The smallest absolute Gasteiger partial charge is 0.203 e. The van der Waals surface area contributed by atoms with Crippen LogP contribution in [0.15, 0.2) is 47.5 Å². The lowest BCUT2D eigenvalue weighted by Crippen LogP contribution is -2.14. The van der Waals surface area contributed by atoms with Crippen molar-refractivity contribution in [3.8, 4) is 17.2 Å². The molecular weight excluding hydrogens is 418 g/mol. The zero-order chi connectivity index (χ0) is 22.4. The Hall–Kier alpha value is -2.94. The topological polar surface area (TPSA) is 101 Å². The maximum atomic E-state index is 12.8. The van der Waals surface area contributed by atoms with Gasteiger partial charge in [-0.3, -0.25) is 4.79 Å². The van der Waals surface area contributed by atoms with E-state index in [1.54, 1.807) is 18.2 Å². The molecular formula is C23H25NO6S. The van der Waals surface area contributed by atoms with Crippen LogP contribution in [0, 0.1) is 0 Å². The number of aliphatic hydroxyl groups excluding tert-OH is 2. The van der Waals surface area contributed by atoms with Crippen molar-refractivity contribution in [1.29, 1.82) is 0 Å². The Bertz CT molecular complexity index is 1070. The van der Waals surface area contributed by atoms with Gasteiger partial charge in [-0.15, -0.1) is 11.8 Å². The molecule has 7 nitrogen and oxygen atoms in total. The number of ether oxygens (including phenoxy) is 3. The van der Waals surface area contributed by atoms with Crippen molar-refractivity contribution < 1.29 is 29.2 Å². The van der Waals surface area contributed by atoms with Gasteiger partial charge in [-0.2, -0.15) is 0 Å². The Balaban J connectivity index is 1.85. The van der Waals surface area contributed by atoms with Gasteiger partial charge in [0.25, 0.3) is 0 Å². The Morgan fingerprint density at radius 2 is 1.84 bits per heavy atom. The number of hydrogen-bond acceptors (Lipinski definition) is 7. The summed E-state index contributed by atoms with van der Waals surface area (Å²) in [5.74, 6) is 1.45. The first-order valence-corrected chi connectivity index (χ1v) is 10.5. The summed E-state index contributed by atoms with van der Waals surface area (Å²) in [5, 5.41) is 19.5. The largest absolute Gasteiger partial charge is 0.493 e. The fourth-order valence-corrected chi connectivity index (χ4v) is 3.93. The highest BCUT2D eigenvalue weighted by atomic mass is 32.2. The summed E-state index contributed by atoms with van der Waals surface area (Å²) in [4.78, 5) is 16.9. The standard InChI is InChI=1S/C23H25NO6S/c1-28-21-8-15(9-22(29-2)23(21)30-3)20(27)7-4-14-11-24-19-6-5-17(10-18(14)19)31-13-16(26)12-25/h4-11,16,24-26H,12-13H2,1-3H3/b7-4+. The van der Waals surface area contributed by atoms with E-state index in [-0.39, 0.29) is 12.4 Å². The Kier molecular flexibility index (Phi) is 7.62. The normalized spacial score (nSPS) is 12.3. The molecule has 8 heteroatoms. The first kappa shape index (κ1) is 22.7. The molecule has 0 aliphatic heterocycles. The summed E-state index contributed by atoms with van der Waals surface area (Å²) in [5.41, 5.74) is 2.22. The summed E-state index contributed by atoms with van der Waals surface area (Å²) < 4.78 is 15.9. The molecule has 31 heavy (non-hydrogen) atoms. The number of rotatable bonds is 10. The number of carbonyl (C=O) groups is 1. The number of allylic oxidation sites excluding steroid dienone is 1. The van der Waals surface area contributed by atoms with Crippen molar-refractivity contribution in [3.05, 3.63) is 53.7 Å². The SMILES string of the molecule is COc1cc(C(=O)/C=C/c2c[nH]c3ccc(SCC(O)CO)cc23)cc(OC)c1OC. The van der Waals surface area contributed by atoms with Crippen LogP contribution >= 0.6 is 11.8 Å². The van der Waals surface area contributed by atoms with Crippen molar-refractivity contribution in [3.63, 3.8) is 0 Å². The van der Waals surface area contributed by atoms with E-state index in [0.717, 1.165) is 21.4 Å². The second-order valence-corrected chi connectivity index (χ2v) is 7.80. The molecule has 0 saturated carbocycles. The molecule has 0 bridgehead atoms. The maximum absolute atomic E-state index is 12.8. The van der Waals surface area contributed by atoms with Gasteiger partial charge < -0.3 is 29.4 Å².